The van der Waals surface area contributed by atoms with E-state index in [0.29, 0.717) is 21.6 Å². The number of carbonyl (C=O) groups is 1. The van der Waals surface area contributed by atoms with Gasteiger partial charge in [0.2, 0.25) is 0 Å². The lowest BCUT2D eigenvalue weighted by molar-refractivity contribution is 0.0790. The SMILES string of the molecule is CCNc1nc(N)c(C(=O)N(C)Cc2cccc(Cl)c2)s1. The Morgan fingerprint density at radius 2 is 2.29 bits per heavy atom. The first-order chi connectivity index (χ1) is 10.0. The number of nitrogens with one attached hydrogen (secondary N) is 1. The second-order valence-electron chi connectivity index (χ2n) is 4.55. The maximum Gasteiger partial charge on any atom is 0.267 e. The van der Waals surface area contributed by atoms with E-state index in [2.05, 4.69) is 10.3 Å². The molecule has 0 atom stereocenters. The maximum absolute atomic E-state index is 12.4. The normalized spacial score (nSPS) is 10.4. The number of nitrogen functional groups attached to an aromatic ring is 1. The third kappa shape index (κ3) is 3.86. The van der Waals surface area contributed by atoms with Gasteiger partial charge in [-0.3, -0.25) is 4.79 Å². The first-order valence-corrected chi connectivity index (χ1v) is 7.70. The number of nitrogens with zero attached hydrogens (tertiary/aromatic N) is 2. The van der Waals surface area contributed by atoms with Crippen LogP contribution in [0.4, 0.5) is 10.9 Å². The zero-order valence-corrected chi connectivity index (χ0v) is 13.5. The van der Waals surface area contributed by atoms with Gasteiger partial charge in [0.25, 0.3) is 5.91 Å². The van der Waals surface area contributed by atoms with Gasteiger partial charge in [-0.05, 0) is 24.6 Å². The number of halogens is 1. The van der Waals surface area contributed by atoms with Crippen molar-refractivity contribution in [3.05, 3.63) is 39.7 Å². The molecule has 112 valence electrons. The van der Waals surface area contributed by atoms with Crippen LogP contribution in [0.15, 0.2) is 24.3 Å². The Hall–Kier alpha value is -1.79. The molecule has 1 aromatic heterocycles. The van der Waals surface area contributed by atoms with Gasteiger partial charge < -0.3 is 16.0 Å². The van der Waals surface area contributed by atoms with E-state index in [1.807, 2.05) is 25.1 Å². The molecule has 1 amide bonds. The van der Waals surface area contributed by atoms with E-state index in [0.717, 1.165) is 12.1 Å². The summed E-state index contributed by atoms with van der Waals surface area (Å²) in [6, 6.07) is 7.43. The van der Waals surface area contributed by atoms with Crippen LogP contribution in [0.2, 0.25) is 5.02 Å². The Morgan fingerprint density at radius 3 is 2.95 bits per heavy atom. The van der Waals surface area contributed by atoms with Gasteiger partial charge in [0.05, 0.1) is 0 Å². The quantitative estimate of drug-likeness (QED) is 0.886. The molecule has 1 heterocycles. The number of hydrogen-bond acceptors (Lipinski definition) is 5. The van der Waals surface area contributed by atoms with Crippen LogP contribution in [-0.4, -0.2) is 29.4 Å². The molecule has 3 N–H and O–H groups in total. The fourth-order valence-corrected chi connectivity index (χ4v) is 3.03. The summed E-state index contributed by atoms with van der Waals surface area (Å²) < 4.78 is 0. The highest BCUT2D eigenvalue weighted by atomic mass is 35.5. The molecule has 0 saturated heterocycles. The largest absolute Gasteiger partial charge is 0.382 e. The van der Waals surface area contributed by atoms with Crippen LogP contribution in [-0.2, 0) is 6.54 Å². The summed E-state index contributed by atoms with van der Waals surface area (Å²) in [6.07, 6.45) is 0. The minimum absolute atomic E-state index is 0.144. The van der Waals surface area contributed by atoms with Crippen LogP contribution < -0.4 is 11.1 Å². The highest BCUT2D eigenvalue weighted by Crippen LogP contribution is 2.26. The van der Waals surface area contributed by atoms with Crippen LogP contribution in [0.1, 0.15) is 22.2 Å². The second kappa shape index (κ2) is 6.78. The van der Waals surface area contributed by atoms with E-state index >= 15 is 0 Å². The van der Waals surface area contributed by atoms with Gasteiger partial charge in [0.15, 0.2) is 5.13 Å². The molecule has 21 heavy (non-hydrogen) atoms. The molecule has 0 spiro atoms. The van der Waals surface area contributed by atoms with E-state index in [1.54, 1.807) is 18.0 Å². The van der Waals surface area contributed by atoms with Gasteiger partial charge in [-0.1, -0.05) is 35.1 Å². The van der Waals surface area contributed by atoms with Gasteiger partial charge >= 0.3 is 0 Å². The van der Waals surface area contributed by atoms with Crippen molar-refractivity contribution < 1.29 is 4.79 Å². The summed E-state index contributed by atoms with van der Waals surface area (Å²) >= 11 is 7.22. The van der Waals surface area contributed by atoms with E-state index in [9.17, 15) is 4.79 Å². The lowest BCUT2D eigenvalue weighted by Gasteiger charge is -2.16. The zero-order valence-electron chi connectivity index (χ0n) is 11.9. The minimum Gasteiger partial charge on any atom is -0.382 e. The molecule has 0 saturated carbocycles. The average Bonchev–Trinajstić information content (AvgIpc) is 2.79. The predicted octanol–water partition coefficient (Wildman–Crippen LogP) is 3.08. The van der Waals surface area contributed by atoms with Gasteiger partial charge in [-0.25, -0.2) is 4.98 Å². The van der Waals surface area contributed by atoms with Crippen molar-refractivity contribution in [2.75, 3.05) is 24.6 Å². The average molecular weight is 325 g/mol. The van der Waals surface area contributed by atoms with E-state index < -0.39 is 0 Å². The Bertz CT molecular complexity index is 644. The van der Waals surface area contributed by atoms with Crippen molar-refractivity contribution in [3.8, 4) is 0 Å². The van der Waals surface area contributed by atoms with Crippen LogP contribution in [0.25, 0.3) is 0 Å². The molecular weight excluding hydrogens is 308 g/mol. The molecule has 7 heteroatoms. The maximum atomic E-state index is 12.4. The molecular formula is C14H17ClN4OS. The van der Waals surface area contributed by atoms with Gasteiger partial charge in [-0.2, -0.15) is 0 Å². The number of thiazole rings is 1. The highest BCUT2D eigenvalue weighted by Gasteiger charge is 2.19. The zero-order chi connectivity index (χ0) is 15.4. The minimum atomic E-state index is -0.144. The Labute approximate surface area is 132 Å². The van der Waals surface area contributed by atoms with Crippen molar-refractivity contribution in [1.82, 2.24) is 9.88 Å². The number of hydrogen-bond donors (Lipinski definition) is 2. The van der Waals surface area contributed by atoms with Gasteiger partial charge in [-0.15, -0.1) is 0 Å². The summed E-state index contributed by atoms with van der Waals surface area (Å²) in [7, 11) is 1.73. The molecule has 0 aliphatic heterocycles. The first-order valence-electron chi connectivity index (χ1n) is 6.51. The van der Waals surface area contributed by atoms with Gasteiger partial charge in [0.1, 0.15) is 10.7 Å². The third-order valence-electron chi connectivity index (χ3n) is 2.83. The molecule has 2 aromatic rings. The van der Waals surface area contributed by atoms with E-state index in [-0.39, 0.29) is 11.7 Å². The van der Waals surface area contributed by atoms with Crippen molar-refractivity contribution in [2.24, 2.45) is 0 Å². The number of rotatable bonds is 5. The van der Waals surface area contributed by atoms with Crippen LogP contribution in [0, 0.1) is 0 Å². The lowest BCUT2D eigenvalue weighted by atomic mass is 10.2. The number of aromatic nitrogens is 1. The summed E-state index contributed by atoms with van der Waals surface area (Å²) in [6.45, 7) is 3.16. The summed E-state index contributed by atoms with van der Waals surface area (Å²) in [5.41, 5.74) is 6.78. The first kappa shape index (κ1) is 15.6. The molecule has 0 radical (unpaired) electrons. The van der Waals surface area contributed by atoms with Crippen molar-refractivity contribution in [1.29, 1.82) is 0 Å². The molecule has 0 bridgehead atoms. The smallest absolute Gasteiger partial charge is 0.267 e. The van der Waals surface area contributed by atoms with Crippen LogP contribution in [0.3, 0.4) is 0 Å². The fourth-order valence-electron chi connectivity index (χ4n) is 1.87. The number of carbonyl (C=O) groups excluding carboxylic acids is 1. The molecule has 5 nitrogen and oxygen atoms in total. The standard InChI is InChI=1S/C14H17ClN4OS/c1-3-17-14-18-12(16)11(21-14)13(20)19(2)8-9-5-4-6-10(15)7-9/h4-7H,3,8,16H2,1-2H3,(H,17,18). The molecule has 1 aromatic carbocycles. The van der Waals surface area contributed by atoms with Crippen LogP contribution >= 0.6 is 22.9 Å². The monoisotopic (exact) mass is 324 g/mol. The van der Waals surface area contributed by atoms with Crippen molar-refractivity contribution in [3.63, 3.8) is 0 Å². The second-order valence-corrected chi connectivity index (χ2v) is 5.99. The lowest BCUT2D eigenvalue weighted by Crippen LogP contribution is -2.26. The molecule has 0 unspecified atom stereocenters. The Kier molecular flexibility index (Phi) is 5.03. The van der Waals surface area contributed by atoms with Crippen LogP contribution in [0.5, 0.6) is 0 Å². The number of amides is 1. The number of anilines is 2. The molecule has 0 fully saturated rings. The molecule has 2 rings (SSSR count). The van der Waals surface area contributed by atoms with E-state index in [4.69, 9.17) is 17.3 Å². The number of nitrogens with two attached hydrogens (primary N) is 1. The number of benzene rings is 1. The summed E-state index contributed by atoms with van der Waals surface area (Å²) in [5, 5.41) is 4.37. The van der Waals surface area contributed by atoms with Gasteiger partial charge in [0, 0.05) is 25.2 Å². The van der Waals surface area contributed by atoms with Crippen molar-refractivity contribution >= 4 is 39.8 Å². The Morgan fingerprint density at radius 1 is 1.52 bits per heavy atom. The summed E-state index contributed by atoms with van der Waals surface area (Å²) in [4.78, 5) is 18.6. The Balaban J connectivity index is 2.12. The fraction of sp³-hybridized carbons (Fsp3) is 0.286. The summed E-state index contributed by atoms with van der Waals surface area (Å²) in [5.74, 6) is 0.119. The van der Waals surface area contributed by atoms with E-state index in [1.165, 1.54) is 11.3 Å². The molecule has 0 aliphatic carbocycles. The third-order valence-corrected chi connectivity index (χ3v) is 4.08. The van der Waals surface area contributed by atoms with Crippen molar-refractivity contribution in [2.45, 2.75) is 13.5 Å². The predicted molar refractivity (Wildman–Crippen MR) is 87.9 cm³/mol. The topological polar surface area (TPSA) is 71.2 Å². The molecule has 0 aliphatic rings. The highest BCUT2D eigenvalue weighted by molar-refractivity contribution is 7.18.